The normalized spacial score (nSPS) is 10.2. The van der Waals surface area contributed by atoms with Gasteiger partial charge < -0.3 is 19.3 Å². The van der Waals surface area contributed by atoms with E-state index in [0.717, 1.165) is 5.56 Å². The van der Waals surface area contributed by atoms with E-state index < -0.39 is 12.1 Å². The highest BCUT2D eigenvalue weighted by Crippen LogP contribution is 2.31. The molecule has 0 bridgehead atoms. The van der Waals surface area contributed by atoms with Crippen LogP contribution >= 0.6 is 0 Å². The number of carboxylic acids is 1. The van der Waals surface area contributed by atoms with Crippen LogP contribution in [0.3, 0.4) is 0 Å². The number of benzene rings is 3. The molecular weight excluding hydrogens is 386 g/mol. The van der Waals surface area contributed by atoms with Crippen molar-refractivity contribution in [3.63, 3.8) is 0 Å². The Labute approximate surface area is 173 Å². The van der Waals surface area contributed by atoms with Crippen molar-refractivity contribution in [2.24, 2.45) is 0 Å². The van der Waals surface area contributed by atoms with Crippen molar-refractivity contribution >= 4 is 17.7 Å². The van der Waals surface area contributed by atoms with E-state index in [4.69, 9.17) is 14.2 Å². The smallest absolute Gasteiger partial charge is 0.412 e. The van der Waals surface area contributed by atoms with Gasteiger partial charge in [0.1, 0.15) is 18.1 Å². The molecule has 3 aromatic rings. The van der Waals surface area contributed by atoms with Crippen molar-refractivity contribution in [1.29, 1.82) is 0 Å². The van der Waals surface area contributed by atoms with Crippen molar-refractivity contribution < 1.29 is 28.9 Å². The minimum absolute atomic E-state index is 0.00685. The fourth-order valence-corrected chi connectivity index (χ4v) is 2.62. The molecule has 0 fully saturated rings. The molecule has 3 rings (SSSR count). The number of hydrogen-bond acceptors (Lipinski definition) is 5. The molecule has 2 N–H and O–H groups in total. The molecule has 7 nitrogen and oxygen atoms in total. The van der Waals surface area contributed by atoms with Crippen LogP contribution < -0.4 is 14.8 Å². The summed E-state index contributed by atoms with van der Waals surface area (Å²) in [5, 5.41) is 11.8. The molecule has 1 amide bonds. The Kier molecular flexibility index (Phi) is 6.89. The molecule has 0 saturated heterocycles. The molecule has 0 aromatic heterocycles. The van der Waals surface area contributed by atoms with Crippen LogP contribution in [0.4, 0.5) is 10.5 Å². The summed E-state index contributed by atoms with van der Waals surface area (Å²) in [5.41, 5.74) is 1.02. The van der Waals surface area contributed by atoms with E-state index in [1.54, 1.807) is 24.3 Å². The number of anilines is 1. The van der Waals surface area contributed by atoms with E-state index in [1.807, 2.05) is 37.3 Å². The largest absolute Gasteiger partial charge is 0.494 e. The van der Waals surface area contributed by atoms with Crippen LogP contribution in [0, 0.1) is 0 Å². The molecule has 0 saturated carbocycles. The molecule has 0 spiro atoms. The number of carboxylic acid groups (broad SMARTS) is 1. The SMILES string of the molecule is CCOc1ccc(Oc2ccc(C(=O)O)cc2NC(=O)OCc2ccccc2)cc1. The van der Waals surface area contributed by atoms with E-state index in [9.17, 15) is 14.7 Å². The molecule has 0 unspecified atom stereocenters. The Bertz CT molecular complexity index is 1000. The number of ether oxygens (including phenoxy) is 3. The lowest BCUT2D eigenvalue weighted by atomic mass is 10.2. The summed E-state index contributed by atoms with van der Waals surface area (Å²) in [6, 6.07) is 20.3. The summed E-state index contributed by atoms with van der Waals surface area (Å²) >= 11 is 0. The number of rotatable bonds is 8. The third-order valence-corrected chi connectivity index (χ3v) is 4.04. The van der Waals surface area contributed by atoms with Gasteiger partial charge in [0.15, 0.2) is 5.75 Å². The van der Waals surface area contributed by atoms with Crippen molar-refractivity contribution in [2.45, 2.75) is 13.5 Å². The van der Waals surface area contributed by atoms with Crippen LogP contribution in [0.5, 0.6) is 17.2 Å². The zero-order valence-electron chi connectivity index (χ0n) is 16.3. The van der Waals surface area contributed by atoms with Crippen molar-refractivity contribution in [3.8, 4) is 17.2 Å². The summed E-state index contributed by atoms with van der Waals surface area (Å²) in [4.78, 5) is 23.6. The van der Waals surface area contributed by atoms with Gasteiger partial charge in [-0.05, 0) is 55.0 Å². The van der Waals surface area contributed by atoms with Crippen LogP contribution in [-0.2, 0) is 11.3 Å². The van der Waals surface area contributed by atoms with Crippen molar-refractivity contribution in [1.82, 2.24) is 0 Å². The van der Waals surface area contributed by atoms with Gasteiger partial charge in [0.25, 0.3) is 0 Å². The first-order valence-electron chi connectivity index (χ1n) is 9.31. The number of aromatic carboxylic acids is 1. The fourth-order valence-electron chi connectivity index (χ4n) is 2.62. The number of nitrogens with one attached hydrogen (secondary N) is 1. The predicted molar refractivity (Wildman–Crippen MR) is 111 cm³/mol. The zero-order chi connectivity index (χ0) is 21.3. The molecular formula is C23H21NO6. The second-order valence-corrected chi connectivity index (χ2v) is 6.21. The average molecular weight is 407 g/mol. The maximum atomic E-state index is 12.2. The predicted octanol–water partition coefficient (Wildman–Crippen LogP) is 5.32. The van der Waals surface area contributed by atoms with Gasteiger partial charge in [0, 0.05) is 0 Å². The highest BCUT2D eigenvalue weighted by Gasteiger charge is 2.14. The lowest BCUT2D eigenvalue weighted by Gasteiger charge is -2.14. The number of hydrogen-bond donors (Lipinski definition) is 2. The second-order valence-electron chi connectivity index (χ2n) is 6.21. The molecule has 3 aromatic carbocycles. The Morgan fingerprint density at radius 2 is 1.63 bits per heavy atom. The molecule has 0 aliphatic carbocycles. The van der Waals surface area contributed by atoms with E-state index in [2.05, 4.69) is 5.32 Å². The zero-order valence-corrected chi connectivity index (χ0v) is 16.3. The van der Waals surface area contributed by atoms with Gasteiger partial charge in [-0.2, -0.15) is 0 Å². The Morgan fingerprint density at radius 3 is 2.30 bits per heavy atom. The topological polar surface area (TPSA) is 94.1 Å². The monoisotopic (exact) mass is 407 g/mol. The van der Waals surface area contributed by atoms with E-state index in [0.29, 0.717) is 18.1 Å². The van der Waals surface area contributed by atoms with Crippen molar-refractivity contribution in [3.05, 3.63) is 83.9 Å². The number of carbonyl (C=O) groups excluding carboxylic acids is 1. The van der Waals surface area contributed by atoms with Gasteiger partial charge in [0.2, 0.25) is 0 Å². The average Bonchev–Trinajstić information content (AvgIpc) is 2.75. The quantitative estimate of drug-likeness (QED) is 0.525. The maximum absolute atomic E-state index is 12.2. The van der Waals surface area contributed by atoms with E-state index in [1.165, 1.54) is 18.2 Å². The Hall–Kier alpha value is -4.00. The summed E-state index contributed by atoms with van der Waals surface area (Å²) < 4.78 is 16.4. The van der Waals surface area contributed by atoms with Crippen LogP contribution in [-0.4, -0.2) is 23.8 Å². The van der Waals surface area contributed by atoms with Crippen LogP contribution in [0.2, 0.25) is 0 Å². The summed E-state index contributed by atoms with van der Waals surface area (Å²) in [7, 11) is 0. The third-order valence-electron chi connectivity index (χ3n) is 4.04. The first kappa shape index (κ1) is 20.7. The summed E-state index contributed by atoms with van der Waals surface area (Å²) in [6.45, 7) is 2.53. The Morgan fingerprint density at radius 1 is 0.933 bits per heavy atom. The number of amides is 1. The van der Waals surface area contributed by atoms with Gasteiger partial charge >= 0.3 is 12.1 Å². The minimum Gasteiger partial charge on any atom is -0.494 e. The van der Waals surface area contributed by atoms with Crippen LogP contribution in [0.15, 0.2) is 72.8 Å². The third kappa shape index (κ3) is 5.75. The Balaban J connectivity index is 1.74. The lowest BCUT2D eigenvalue weighted by Crippen LogP contribution is -2.14. The molecule has 7 heteroatoms. The summed E-state index contributed by atoms with van der Waals surface area (Å²) in [5.74, 6) is 0.361. The number of carbonyl (C=O) groups is 2. The fraction of sp³-hybridized carbons (Fsp3) is 0.130. The molecule has 154 valence electrons. The van der Waals surface area contributed by atoms with Crippen LogP contribution in [0.1, 0.15) is 22.8 Å². The molecule has 0 heterocycles. The van der Waals surface area contributed by atoms with Crippen molar-refractivity contribution in [2.75, 3.05) is 11.9 Å². The first-order valence-corrected chi connectivity index (χ1v) is 9.31. The molecule has 0 aliphatic rings. The van der Waals surface area contributed by atoms with E-state index >= 15 is 0 Å². The van der Waals surface area contributed by atoms with Gasteiger partial charge in [-0.25, -0.2) is 9.59 Å². The highest BCUT2D eigenvalue weighted by molar-refractivity contribution is 5.93. The second kappa shape index (κ2) is 9.97. The van der Waals surface area contributed by atoms with Crippen LogP contribution in [0.25, 0.3) is 0 Å². The standard InChI is InChI=1S/C23H21NO6/c1-2-28-18-9-11-19(12-10-18)30-21-13-8-17(22(25)26)14-20(21)24-23(27)29-15-16-6-4-3-5-7-16/h3-14H,2,15H2,1H3,(H,24,27)(H,25,26). The van der Waals surface area contributed by atoms with Gasteiger partial charge in [-0.3, -0.25) is 5.32 Å². The highest BCUT2D eigenvalue weighted by atomic mass is 16.5. The lowest BCUT2D eigenvalue weighted by molar-refractivity contribution is 0.0696. The maximum Gasteiger partial charge on any atom is 0.412 e. The van der Waals surface area contributed by atoms with Gasteiger partial charge in [-0.1, -0.05) is 30.3 Å². The first-order chi connectivity index (χ1) is 14.5. The van der Waals surface area contributed by atoms with Gasteiger partial charge in [0.05, 0.1) is 17.9 Å². The molecule has 0 aliphatic heterocycles. The minimum atomic E-state index is -1.12. The summed E-state index contributed by atoms with van der Waals surface area (Å²) in [6.07, 6.45) is -0.724. The molecule has 30 heavy (non-hydrogen) atoms. The van der Waals surface area contributed by atoms with E-state index in [-0.39, 0.29) is 23.6 Å². The molecule has 0 radical (unpaired) electrons. The van der Waals surface area contributed by atoms with Gasteiger partial charge in [-0.15, -0.1) is 0 Å². The molecule has 0 atom stereocenters.